The lowest BCUT2D eigenvalue weighted by atomic mass is 9.74. The van der Waals surface area contributed by atoms with Gasteiger partial charge in [0.15, 0.2) is 0 Å². The molecule has 4 heteroatoms. The Morgan fingerprint density at radius 3 is 2.67 bits per heavy atom. The molecule has 0 bridgehead atoms. The molecular weight excluding hydrogens is 290 g/mol. The Kier molecular flexibility index (Phi) is 5.93. The Morgan fingerprint density at radius 2 is 2.04 bits per heavy atom. The van der Waals surface area contributed by atoms with Gasteiger partial charge in [-0.05, 0) is 36.0 Å². The molecule has 1 N–H and O–H groups in total. The van der Waals surface area contributed by atoms with E-state index in [-0.39, 0.29) is 12.0 Å². The molecule has 2 aliphatic rings. The predicted molar refractivity (Wildman–Crippen MR) is 107 cm³/mol. The van der Waals surface area contributed by atoms with Gasteiger partial charge in [-0.2, -0.15) is 0 Å². The van der Waals surface area contributed by atoms with Crippen LogP contribution in [0.4, 0.5) is 5.69 Å². The van der Waals surface area contributed by atoms with Gasteiger partial charge in [0.25, 0.3) is 0 Å². The first-order chi connectivity index (χ1) is 11.6. The number of nitrogens with zero attached hydrogens (tertiary/aromatic N) is 1. The van der Waals surface area contributed by atoms with E-state index >= 15 is 0 Å². The van der Waals surface area contributed by atoms with Crippen LogP contribution in [0.1, 0.15) is 37.4 Å². The van der Waals surface area contributed by atoms with Gasteiger partial charge in [0.2, 0.25) is 0 Å². The van der Waals surface area contributed by atoms with Gasteiger partial charge in [-0.3, -0.25) is 4.98 Å². The summed E-state index contributed by atoms with van der Waals surface area (Å²) in [6.07, 6.45) is 11.1. The Balaban J connectivity index is 0.00000100. The molecule has 0 aromatic carbocycles. The zero-order valence-electron chi connectivity index (χ0n) is 14.8. The SMILES string of the molecule is CC.[B]c1nc2c(c([B])c1C)NC(/C(C=C)=C/C=C)C1CC=CC21. The molecule has 2 heterocycles. The van der Waals surface area contributed by atoms with Crippen LogP contribution >= 0.6 is 0 Å². The van der Waals surface area contributed by atoms with Gasteiger partial charge in [-0.1, -0.05) is 62.8 Å². The maximum absolute atomic E-state index is 6.29. The molecule has 1 aliphatic carbocycles. The third-order valence-electron chi connectivity index (χ3n) is 4.72. The van der Waals surface area contributed by atoms with Gasteiger partial charge in [0.05, 0.1) is 17.4 Å². The molecule has 0 fully saturated rings. The van der Waals surface area contributed by atoms with Crippen LogP contribution in [0, 0.1) is 12.8 Å². The van der Waals surface area contributed by atoms with Crippen molar-refractivity contribution in [3.05, 3.63) is 60.4 Å². The third-order valence-corrected chi connectivity index (χ3v) is 4.72. The van der Waals surface area contributed by atoms with Crippen molar-refractivity contribution in [2.45, 2.75) is 39.2 Å². The molecule has 3 atom stereocenters. The number of rotatable bonds is 3. The lowest BCUT2D eigenvalue weighted by Crippen LogP contribution is -2.42. The lowest BCUT2D eigenvalue weighted by molar-refractivity contribution is 0.448. The van der Waals surface area contributed by atoms with Crippen LogP contribution in [0.5, 0.6) is 0 Å². The van der Waals surface area contributed by atoms with E-state index < -0.39 is 0 Å². The van der Waals surface area contributed by atoms with Crippen molar-refractivity contribution in [1.82, 2.24) is 4.98 Å². The maximum atomic E-state index is 6.29. The molecular formula is C20H24B2N2. The number of allylic oxidation sites excluding steroid dienone is 4. The molecule has 120 valence electrons. The largest absolute Gasteiger partial charge is 0.377 e. The average molecular weight is 314 g/mol. The lowest BCUT2D eigenvalue weighted by Gasteiger charge is -2.38. The zero-order valence-corrected chi connectivity index (χ0v) is 14.8. The average Bonchev–Trinajstić information content (AvgIpc) is 3.09. The molecule has 2 nitrogen and oxygen atoms in total. The number of nitrogens with one attached hydrogen (secondary N) is 1. The molecule has 24 heavy (non-hydrogen) atoms. The van der Waals surface area contributed by atoms with Gasteiger partial charge < -0.3 is 5.32 Å². The molecule has 0 saturated heterocycles. The highest BCUT2D eigenvalue weighted by molar-refractivity contribution is 6.41. The van der Waals surface area contributed by atoms with Crippen molar-refractivity contribution >= 4 is 32.4 Å². The number of hydrogen-bond acceptors (Lipinski definition) is 2. The summed E-state index contributed by atoms with van der Waals surface area (Å²) in [6, 6.07) is 0.148. The van der Waals surface area contributed by atoms with Crippen LogP contribution < -0.4 is 16.4 Å². The summed E-state index contributed by atoms with van der Waals surface area (Å²) in [6.45, 7) is 13.6. The van der Waals surface area contributed by atoms with Crippen molar-refractivity contribution in [2.24, 2.45) is 5.92 Å². The van der Waals surface area contributed by atoms with E-state index in [4.69, 9.17) is 15.7 Å². The minimum absolute atomic E-state index is 0.148. The zero-order chi connectivity index (χ0) is 17.9. The first-order valence-corrected chi connectivity index (χ1v) is 8.52. The van der Waals surface area contributed by atoms with E-state index in [0.29, 0.717) is 17.0 Å². The highest BCUT2D eigenvalue weighted by Gasteiger charge is 2.39. The molecule has 0 spiro atoms. The van der Waals surface area contributed by atoms with Crippen molar-refractivity contribution in [1.29, 1.82) is 0 Å². The van der Waals surface area contributed by atoms with Gasteiger partial charge in [0.1, 0.15) is 15.7 Å². The second-order valence-electron chi connectivity index (χ2n) is 5.88. The Morgan fingerprint density at radius 1 is 1.33 bits per heavy atom. The highest BCUT2D eigenvalue weighted by Crippen LogP contribution is 2.44. The van der Waals surface area contributed by atoms with Crippen molar-refractivity contribution in [3.8, 4) is 0 Å². The van der Waals surface area contributed by atoms with Gasteiger partial charge in [0, 0.05) is 5.92 Å². The summed E-state index contributed by atoms with van der Waals surface area (Å²) in [5, 5.41) is 3.57. The quantitative estimate of drug-likeness (QED) is 0.527. The Labute approximate surface area is 148 Å². The number of hydrogen-bond donors (Lipinski definition) is 1. The van der Waals surface area contributed by atoms with Gasteiger partial charge in [-0.15, -0.1) is 0 Å². The first-order valence-electron chi connectivity index (χ1n) is 8.52. The highest BCUT2D eigenvalue weighted by atomic mass is 15.0. The summed E-state index contributed by atoms with van der Waals surface area (Å²) in [5.74, 6) is 0.630. The second kappa shape index (κ2) is 7.74. The molecule has 1 aromatic rings. The normalized spacial score (nSPS) is 24.1. The van der Waals surface area contributed by atoms with Gasteiger partial charge in [-0.25, -0.2) is 0 Å². The fourth-order valence-electron chi connectivity index (χ4n) is 3.46. The van der Waals surface area contributed by atoms with Gasteiger partial charge >= 0.3 is 0 Å². The van der Waals surface area contributed by atoms with Crippen molar-refractivity contribution < 1.29 is 0 Å². The third kappa shape index (κ3) is 3.02. The summed E-state index contributed by atoms with van der Waals surface area (Å²) >= 11 is 0. The molecule has 1 aliphatic heterocycles. The van der Waals surface area contributed by atoms with E-state index in [2.05, 4.69) is 35.6 Å². The van der Waals surface area contributed by atoms with Crippen LogP contribution in [0.25, 0.3) is 0 Å². The molecule has 3 rings (SSSR count). The predicted octanol–water partition coefficient (Wildman–Crippen LogP) is 2.76. The number of fused-ring (bicyclic) bond motifs is 3. The molecule has 1 aromatic heterocycles. The molecule has 0 amide bonds. The summed E-state index contributed by atoms with van der Waals surface area (Å²) < 4.78 is 0. The number of aromatic nitrogens is 1. The maximum Gasteiger partial charge on any atom is 0.142 e. The van der Waals surface area contributed by atoms with E-state index in [0.717, 1.165) is 28.9 Å². The van der Waals surface area contributed by atoms with Crippen molar-refractivity contribution in [2.75, 3.05) is 5.32 Å². The van der Waals surface area contributed by atoms with E-state index in [1.54, 1.807) is 6.08 Å². The molecule has 3 unspecified atom stereocenters. The minimum Gasteiger partial charge on any atom is -0.377 e. The van der Waals surface area contributed by atoms with E-state index in [1.165, 1.54) is 0 Å². The fourth-order valence-corrected chi connectivity index (χ4v) is 3.46. The smallest absolute Gasteiger partial charge is 0.142 e. The fraction of sp³-hybridized carbons (Fsp3) is 0.350. The summed E-state index contributed by atoms with van der Waals surface area (Å²) in [5.41, 5.74) is 5.01. The minimum atomic E-state index is 0.148. The first kappa shape index (κ1) is 18.4. The number of pyridine rings is 1. The monoisotopic (exact) mass is 314 g/mol. The van der Waals surface area contributed by atoms with E-state index in [9.17, 15) is 0 Å². The molecule has 0 saturated carbocycles. The Bertz CT molecular complexity index is 704. The van der Waals surface area contributed by atoms with Crippen molar-refractivity contribution in [3.63, 3.8) is 0 Å². The number of anilines is 1. The Hall–Kier alpha value is -1.96. The van der Waals surface area contributed by atoms with Crippen LogP contribution in [0.15, 0.2) is 49.1 Å². The molecule has 4 radical (unpaired) electrons. The summed E-state index contributed by atoms with van der Waals surface area (Å²) in [7, 11) is 12.3. The second-order valence-corrected chi connectivity index (χ2v) is 5.88. The standard InChI is InChI=1S/C18H18B2N2.C2H6/c1-4-7-11(5-2)15-12-8-6-9-13(12)16-17(21-15)14(19)10(3)18(20)22-16;1-2/h4-7,9,12-13,15,21H,1-2,8H2,3H3;1-2H3/b11-7+;. The van der Waals surface area contributed by atoms with Crippen LogP contribution in [-0.2, 0) is 0 Å². The van der Waals surface area contributed by atoms with Crippen LogP contribution in [0.3, 0.4) is 0 Å². The van der Waals surface area contributed by atoms with Crippen LogP contribution in [-0.4, -0.2) is 26.7 Å². The topological polar surface area (TPSA) is 24.9 Å². The van der Waals surface area contributed by atoms with Crippen LogP contribution in [0.2, 0.25) is 0 Å². The van der Waals surface area contributed by atoms with E-state index in [1.807, 2.05) is 32.9 Å². The summed E-state index contributed by atoms with van der Waals surface area (Å²) in [4.78, 5) is 4.60.